The summed E-state index contributed by atoms with van der Waals surface area (Å²) < 4.78 is 2.14. The zero-order chi connectivity index (χ0) is 13.5. The average molecular weight is 263 g/mol. The van der Waals surface area contributed by atoms with Crippen molar-refractivity contribution in [3.05, 3.63) is 18.0 Å². The van der Waals surface area contributed by atoms with Crippen LogP contribution in [-0.2, 0) is 6.54 Å². The molecular weight excluding hydrogens is 234 g/mol. The Morgan fingerprint density at radius 1 is 1.26 bits per heavy atom. The Morgan fingerprint density at radius 3 is 2.68 bits per heavy atom. The van der Waals surface area contributed by atoms with Gasteiger partial charge in [0.15, 0.2) is 0 Å². The predicted molar refractivity (Wildman–Crippen MR) is 80.1 cm³/mol. The Morgan fingerprint density at radius 2 is 2.00 bits per heavy atom. The molecule has 0 amide bonds. The van der Waals surface area contributed by atoms with Crippen LogP contribution in [0.5, 0.6) is 0 Å². The van der Waals surface area contributed by atoms with Gasteiger partial charge < -0.3 is 5.32 Å². The van der Waals surface area contributed by atoms with Crippen molar-refractivity contribution in [3.8, 4) is 0 Å². The van der Waals surface area contributed by atoms with E-state index in [-0.39, 0.29) is 0 Å². The second kappa shape index (κ2) is 7.68. The van der Waals surface area contributed by atoms with E-state index in [2.05, 4.69) is 41.2 Å². The Balaban J connectivity index is 1.73. The molecule has 1 N–H and O–H groups in total. The molecule has 108 valence electrons. The Bertz CT molecular complexity index is 349. The first-order valence-electron chi connectivity index (χ1n) is 8.08. The highest BCUT2D eigenvalue weighted by Gasteiger charge is 2.13. The lowest BCUT2D eigenvalue weighted by Crippen LogP contribution is -2.24. The van der Waals surface area contributed by atoms with E-state index in [0.29, 0.717) is 6.04 Å². The molecule has 0 unspecified atom stereocenters. The van der Waals surface area contributed by atoms with Crippen LogP contribution in [-0.4, -0.2) is 16.3 Å². The fourth-order valence-corrected chi connectivity index (χ4v) is 3.13. The molecule has 1 aliphatic carbocycles. The van der Waals surface area contributed by atoms with E-state index >= 15 is 0 Å². The molecule has 1 aliphatic rings. The summed E-state index contributed by atoms with van der Waals surface area (Å²) in [6.07, 6.45) is 11.6. The van der Waals surface area contributed by atoms with Crippen LogP contribution in [0.15, 0.2) is 12.3 Å². The molecule has 1 aromatic rings. The van der Waals surface area contributed by atoms with Crippen molar-refractivity contribution in [3.63, 3.8) is 0 Å². The highest BCUT2D eigenvalue weighted by molar-refractivity contribution is 4.99. The lowest BCUT2D eigenvalue weighted by Gasteiger charge is -2.21. The van der Waals surface area contributed by atoms with Gasteiger partial charge in [-0.05, 0) is 44.2 Å². The monoisotopic (exact) mass is 263 g/mol. The first-order chi connectivity index (χ1) is 9.33. The van der Waals surface area contributed by atoms with Crippen molar-refractivity contribution in [1.82, 2.24) is 15.1 Å². The topological polar surface area (TPSA) is 29.9 Å². The Kier molecular flexibility index (Phi) is 5.90. The molecule has 3 heteroatoms. The largest absolute Gasteiger partial charge is 0.311 e. The molecule has 0 bridgehead atoms. The van der Waals surface area contributed by atoms with Gasteiger partial charge in [0.25, 0.3) is 0 Å². The van der Waals surface area contributed by atoms with Crippen molar-refractivity contribution in [2.75, 3.05) is 6.54 Å². The first kappa shape index (κ1) is 14.6. The maximum atomic E-state index is 4.69. The quantitative estimate of drug-likeness (QED) is 0.808. The number of nitrogens with one attached hydrogen (secondary N) is 1. The van der Waals surface area contributed by atoms with E-state index < -0.39 is 0 Å². The highest BCUT2D eigenvalue weighted by Crippen LogP contribution is 2.22. The van der Waals surface area contributed by atoms with Crippen LogP contribution in [0.3, 0.4) is 0 Å². The summed E-state index contributed by atoms with van der Waals surface area (Å²) in [5.41, 5.74) is 1.18. The smallest absolute Gasteiger partial charge is 0.0762 e. The van der Waals surface area contributed by atoms with Crippen LogP contribution >= 0.6 is 0 Å². The summed E-state index contributed by atoms with van der Waals surface area (Å²) >= 11 is 0. The van der Waals surface area contributed by atoms with Crippen LogP contribution in [0.1, 0.15) is 70.5 Å². The highest BCUT2D eigenvalue weighted by atomic mass is 15.3. The third-order valence-electron chi connectivity index (χ3n) is 4.44. The molecule has 0 saturated heterocycles. The van der Waals surface area contributed by atoms with Crippen LogP contribution in [0.4, 0.5) is 0 Å². The SMILES string of the molecule is CCC(CC)n1ccc(CNCC2CCCCC2)n1. The summed E-state index contributed by atoms with van der Waals surface area (Å²) in [4.78, 5) is 0. The molecule has 19 heavy (non-hydrogen) atoms. The normalized spacial score (nSPS) is 17.2. The fourth-order valence-electron chi connectivity index (χ4n) is 3.13. The molecule has 1 fully saturated rings. The summed E-state index contributed by atoms with van der Waals surface area (Å²) in [6, 6.07) is 2.72. The molecule has 0 aromatic carbocycles. The van der Waals surface area contributed by atoms with Crippen LogP contribution in [0.2, 0.25) is 0 Å². The number of nitrogens with zero attached hydrogens (tertiary/aromatic N) is 2. The van der Waals surface area contributed by atoms with Crippen molar-refractivity contribution in [2.24, 2.45) is 5.92 Å². The summed E-state index contributed by atoms with van der Waals surface area (Å²) in [5, 5.41) is 8.27. The fraction of sp³-hybridized carbons (Fsp3) is 0.812. The van der Waals surface area contributed by atoms with Gasteiger partial charge in [0.05, 0.1) is 11.7 Å². The van der Waals surface area contributed by atoms with E-state index in [9.17, 15) is 0 Å². The zero-order valence-electron chi connectivity index (χ0n) is 12.6. The third kappa shape index (κ3) is 4.34. The second-order valence-corrected chi connectivity index (χ2v) is 5.89. The van der Waals surface area contributed by atoms with Crippen molar-refractivity contribution >= 4 is 0 Å². The van der Waals surface area contributed by atoms with Crippen LogP contribution in [0.25, 0.3) is 0 Å². The molecule has 1 heterocycles. The standard InChI is InChI=1S/C16H29N3/c1-3-16(4-2)19-11-10-15(18-19)13-17-12-14-8-6-5-7-9-14/h10-11,14,16-17H,3-9,12-13H2,1-2H3. The maximum Gasteiger partial charge on any atom is 0.0762 e. The maximum absolute atomic E-state index is 4.69. The molecule has 1 saturated carbocycles. The molecule has 3 nitrogen and oxygen atoms in total. The van der Waals surface area contributed by atoms with Gasteiger partial charge in [-0.25, -0.2) is 0 Å². The molecule has 0 radical (unpaired) electrons. The lowest BCUT2D eigenvalue weighted by molar-refractivity contribution is 0.341. The van der Waals surface area contributed by atoms with Crippen LogP contribution < -0.4 is 5.32 Å². The first-order valence-corrected chi connectivity index (χ1v) is 8.08. The van der Waals surface area contributed by atoms with Gasteiger partial charge in [-0.1, -0.05) is 33.1 Å². The molecule has 0 atom stereocenters. The van der Waals surface area contributed by atoms with Gasteiger partial charge in [-0.3, -0.25) is 4.68 Å². The minimum Gasteiger partial charge on any atom is -0.311 e. The number of rotatable bonds is 7. The number of aromatic nitrogens is 2. The van der Waals surface area contributed by atoms with E-state index in [4.69, 9.17) is 0 Å². The summed E-state index contributed by atoms with van der Waals surface area (Å²) in [6.45, 7) is 6.55. The van der Waals surface area contributed by atoms with Gasteiger partial charge in [0.1, 0.15) is 0 Å². The van der Waals surface area contributed by atoms with Gasteiger partial charge >= 0.3 is 0 Å². The number of hydrogen-bond acceptors (Lipinski definition) is 2. The summed E-state index contributed by atoms with van der Waals surface area (Å²) in [5.74, 6) is 0.898. The number of hydrogen-bond donors (Lipinski definition) is 1. The minimum atomic E-state index is 0.562. The van der Waals surface area contributed by atoms with Crippen molar-refractivity contribution < 1.29 is 0 Å². The van der Waals surface area contributed by atoms with Crippen molar-refractivity contribution in [1.29, 1.82) is 0 Å². The Hall–Kier alpha value is -0.830. The lowest BCUT2D eigenvalue weighted by atomic mass is 9.89. The van der Waals surface area contributed by atoms with Crippen molar-refractivity contribution in [2.45, 2.75) is 71.4 Å². The van der Waals surface area contributed by atoms with Gasteiger partial charge in [-0.2, -0.15) is 5.10 Å². The molecule has 2 rings (SSSR count). The molecule has 0 spiro atoms. The van der Waals surface area contributed by atoms with E-state index in [1.165, 1.54) is 37.8 Å². The second-order valence-electron chi connectivity index (χ2n) is 5.89. The summed E-state index contributed by atoms with van der Waals surface area (Å²) in [7, 11) is 0. The molecule has 0 aliphatic heterocycles. The van der Waals surface area contributed by atoms with Gasteiger partial charge in [0, 0.05) is 12.7 Å². The van der Waals surface area contributed by atoms with Gasteiger partial charge in [0.2, 0.25) is 0 Å². The van der Waals surface area contributed by atoms with E-state index in [1.807, 2.05) is 0 Å². The Labute approximate surface area is 117 Å². The van der Waals surface area contributed by atoms with Crippen LogP contribution in [0, 0.1) is 5.92 Å². The predicted octanol–water partition coefficient (Wildman–Crippen LogP) is 3.91. The molecular formula is C16H29N3. The zero-order valence-corrected chi connectivity index (χ0v) is 12.6. The molecule has 1 aromatic heterocycles. The minimum absolute atomic E-state index is 0.562. The van der Waals surface area contributed by atoms with Gasteiger partial charge in [-0.15, -0.1) is 0 Å². The van der Waals surface area contributed by atoms with E-state index in [0.717, 1.165) is 31.8 Å². The average Bonchev–Trinajstić information content (AvgIpc) is 2.90. The third-order valence-corrected chi connectivity index (χ3v) is 4.44. The van der Waals surface area contributed by atoms with E-state index in [1.54, 1.807) is 0 Å².